The number of allylic oxidation sites excluding steroid dienone is 1. The zero-order valence-electron chi connectivity index (χ0n) is 9.85. The first-order valence-electron chi connectivity index (χ1n) is 5.08. The van der Waals surface area contributed by atoms with Gasteiger partial charge >= 0.3 is 6.18 Å². The van der Waals surface area contributed by atoms with Crippen molar-refractivity contribution in [2.45, 2.75) is 24.9 Å². The van der Waals surface area contributed by atoms with Crippen molar-refractivity contribution < 1.29 is 13.2 Å². The number of aryl methyl sites for hydroxylation is 1. The van der Waals surface area contributed by atoms with Crippen LogP contribution in [-0.2, 0) is 6.18 Å². The molecule has 0 aromatic heterocycles. The number of rotatable bonds is 3. The van der Waals surface area contributed by atoms with E-state index in [9.17, 15) is 13.2 Å². The lowest BCUT2D eigenvalue weighted by Gasteiger charge is -2.12. The van der Waals surface area contributed by atoms with E-state index in [-0.39, 0.29) is 0 Å². The zero-order valence-corrected chi connectivity index (χ0v) is 10.7. The molecule has 1 rings (SSSR count). The molecule has 0 spiro atoms. The SMILES string of the molecule is CC=C(NC)Sc1cc(C(F)(F)F)ccc1C. The Kier molecular flexibility index (Phi) is 4.51. The lowest BCUT2D eigenvalue weighted by Crippen LogP contribution is -2.06. The Balaban J connectivity index is 3.07. The van der Waals surface area contributed by atoms with Crippen molar-refractivity contribution in [1.82, 2.24) is 5.32 Å². The molecule has 0 heterocycles. The highest BCUT2D eigenvalue weighted by Gasteiger charge is 2.30. The number of halogens is 3. The summed E-state index contributed by atoms with van der Waals surface area (Å²) < 4.78 is 37.7. The van der Waals surface area contributed by atoms with Gasteiger partial charge in [0.2, 0.25) is 0 Å². The van der Waals surface area contributed by atoms with Crippen molar-refractivity contribution in [1.29, 1.82) is 0 Å². The first-order chi connectivity index (χ1) is 7.88. The maximum Gasteiger partial charge on any atom is 0.416 e. The minimum Gasteiger partial charge on any atom is -0.383 e. The van der Waals surface area contributed by atoms with Crippen molar-refractivity contribution in [2.75, 3.05) is 7.05 Å². The first-order valence-corrected chi connectivity index (χ1v) is 5.90. The molecule has 17 heavy (non-hydrogen) atoms. The molecule has 0 unspecified atom stereocenters. The average Bonchev–Trinajstić information content (AvgIpc) is 2.26. The second-order valence-corrected chi connectivity index (χ2v) is 4.57. The lowest BCUT2D eigenvalue weighted by molar-refractivity contribution is -0.137. The van der Waals surface area contributed by atoms with Crippen LogP contribution >= 0.6 is 11.8 Å². The van der Waals surface area contributed by atoms with Gasteiger partial charge in [0.15, 0.2) is 0 Å². The fourth-order valence-corrected chi connectivity index (χ4v) is 2.13. The van der Waals surface area contributed by atoms with E-state index in [0.717, 1.165) is 16.7 Å². The maximum absolute atomic E-state index is 12.6. The molecule has 0 bridgehead atoms. The Bertz CT molecular complexity index is 424. The monoisotopic (exact) mass is 261 g/mol. The smallest absolute Gasteiger partial charge is 0.383 e. The molecule has 0 fully saturated rings. The summed E-state index contributed by atoms with van der Waals surface area (Å²) in [5.41, 5.74) is 0.217. The van der Waals surface area contributed by atoms with Crippen LogP contribution < -0.4 is 5.32 Å². The van der Waals surface area contributed by atoms with E-state index in [1.165, 1.54) is 23.9 Å². The predicted molar refractivity (Wildman–Crippen MR) is 64.9 cm³/mol. The average molecular weight is 261 g/mol. The van der Waals surface area contributed by atoms with Crippen molar-refractivity contribution in [3.05, 3.63) is 40.4 Å². The summed E-state index contributed by atoms with van der Waals surface area (Å²) in [6.07, 6.45) is -2.47. The molecule has 0 aliphatic rings. The third-order valence-electron chi connectivity index (χ3n) is 2.24. The summed E-state index contributed by atoms with van der Waals surface area (Å²) >= 11 is 1.30. The van der Waals surface area contributed by atoms with Crippen molar-refractivity contribution in [3.8, 4) is 0 Å². The van der Waals surface area contributed by atoms with Crippen LogP contribution in [0.3, 0.4) is 0 Å². The largest absolute Gasteiger partial charge is 0.416 e. The molecule has 0 saturated carbocycles. The zero-order chi connectivity index (χ0) is 13.1. The van der Waals surface area contributed by atoms with E-state index < -0.39 is 11.7 Å². The van der Waals surface area contributed by atoms with Crippen molar-refractivity contribution >= 4 is 11.8 Å². The molecular formula is C12H14F3NS. The highest BCUT2D eigenvalue weighted by atomic mass is 32.2. The summed E-state index contributed by atoms with van der Waals surface area (Å²) in [4.78, 5) is 0.613. The molecule has 0 amide bonds. The second-order valence-electron chi connectivity index (χ2n) is 3.48. The van der Waals surface area contributed by atoms with Gasteiger partial charge in [-0.2, -0.15) is 13.2 Å². The molecule has 0 aliphatic carbocycles. The van der Waals surface area contributed by atoms with Crippen LogP contribution in [0.4, 0.5) is 13.2 Å². The van der Waals surface area contributed by atoms with Crippen LogP contribution in [0.2, 0.25) is 0 Å². The fraction of sp³-hybridized carbons (Fsp3) is 0.333. The van der Waals surface area contributed by atoms with Crippen LogP contribution in [-0.4, -0.2) is 7.05 Å². The summed E-state index contributed by atoms with van der Waals surface area (Å²) in [5.74, 6) is 0. The van der Waals surface area contributed by atoms with Gasteiger partial charge in [-0.15, -0.1) is 0 Å². The van der Waals surface area contributed by atoms with Crippen LogP contribution in [0.1, 0.15) is 18.1 Å². The summed E-state index contributed by atoms with van der Waals surface area (Å²) in [6.45, 7) is 3.63. The van der Waals surface area contributed by atoms with E-state index in [4.69, 9.17) is 0 Å². The predicted octanol–water partition coefficient (Wildman–Crippen LogP) is 4.19. The van der Waals surface area contributed by atoms with Gasteiger partial charge in [0, 0.05) is 11.9 Å². The molecule has 1 nitrogen and oxygen atoms in total. The molecule has 1 aromatic carbocycles. The van der Waals surface area contributed by atoms with Gasteiger partial charge in [-0.1, -0.05) is 23.9 Å². The number of benzene rings is 1. The third-order valence-corrected chi connectivity index (χ3v) is 3.56. The lowest BCUT2D eigenvalue weighted by atomic mass is 10.1. The van der Waals surface area contributed by atoms with Crippen LogP contribution in [0.5, 0.6) is 0 Å². The quantitative estimate of drug-likeness (QED) is 0.819. The molecule has 0 radical (unpaired) electrons. The van der Waals surface area contributed by atoms with E-state index >= 15 is 0 Å². The highest BCUT2D eigenvalue weighted by molar-refractivity contribution is 8.03. The van der Waals surface area contributed by atoms with Crippen LogP contribution in [0.15, 0.2) is 34.2 Å². The number of hydrogen-bond acceptors (Lipinski definition) is 2. The minimum atomic E-state index is -4.29. The minimum absolute atomic E-state index is 0.613. The Morgan fingerprint density at radius 2 is 2.00 bits per heavy atom. The van der Waals surface area contributed by atoms with Gasteiger partial charge in [-0.05, 0) is 31.5 Å². The Morgan fingerprint density at radius 3 is 2.47 bits per heavy atom. The molecule has 94 valence electrons. The van der Waals surface area contributed by atoms with Gasteiger partial charge in [-0.3, -0.25) is 0 Å². The van der Waals surface area contributed by atoms with Gasteiger partial charge < -0.3 is 5.32 Å². The molecule has 0 atom stereocenters. The third kappa shape index (κ3) is 3.70. The van der Waals surface area contributed by atoms with E-state index in [1.807, 2.05) is 13.0 Å². The number of hydrogen-bond donors (Lipinski definition) is 1. The summed E-state index contributed by atoms with van der Waals surface area (Å²) in [6, 6.07) is 3.78. The second kappa shape index (κ2) is 5.49. The topological polar surface area (TPSA) is 12.0 Å². The van der Waals surface area contributed by atoms with Gasteiger partial charge in [0.05, 0.1) is 10.6 Å². The fourth-order valence-electron chi connectivity index (χ4n) is 1.26. The number of nitrogens with one attached hydrogen (secondary N) is 1. The Hall–Kier alpha value is -1.10. The van der Waals surface area contributed by atoms with Gasteiger partial charge in [0.25, 0.3) is 0 Å². The molecule has 1 aromatic rings. The summed E-state index contributed by atoms with van der Waals surface area (Å²) in [7, 11) is 1.74. The van der Waals surface area contributed by atoms with E-state index in [0.29, 0.717) is 4.90 Å². The van der Waals surface area contributed by atoms with Gasteiger partial charge in [0.1, 0.15) is 0 Å². The van der Waals surface area contributed by atoms with Crippen molar-refractivity contribution in [3.63, 3.8) is 0 Å². The maximum atomic E-state index is 12.6. The summed E-state index contributed by atoms with van der Waals surface area (Å²) in [5, 5.41) is 3.75. The van der Waals surface area contributed by atoms with Crippen LogP contribution in [0, 0.1) is 6.92 Å². The Morgan fingerprint density at radius 1 is 1.35 bits per heavy atom. The number of alkyl halides is 3. The Labute approximate surface area is 103 Å². The normalized spacial score (nSPS) is 12.7. The van der Waals surface area contributed by atoms with E-state index in [2.05, 4.69) is 5.32 Å². The number of thioether (sulfide) groups is 1. The van der Waals surface area contributed by atoms with E-state index in [1.54, 1.807) is 14.0 Å². The standard InChI is InChI=1S/C12H14F3NS/c1-4-11(16-3)17-10-7-9(12(13,14)15)6-5-8(10)2/h4-7,16H,1-3H3. The van der Waals surface area contributed by atoms with Gasteiger partial charge in [-0.25, -0.2) is 0 Å². The molecule has 5 heteroatoms. The highest BCUT2D eigenvalue weighted by Crippen LogP contribution is 2.35. The van der Waals surface area contributed by atoms with Crippen molar-refractivity contribution in [2.24, 2.45) is 0 Å². The molecule has 1 N–H and O–H groups in total. The molecular weight excluding hydrogens is 247 g/mol. The molecule has 0 aliphatic heterocycles. The molecule has 0 saturated heterocycles. The van der Waals surface area contributed by atoms with Crippen LogP contribution in [0.25, 0.3) is 0 Å². The first kappa shape index (κ1) is 14.0.